The first-order valence-corrected chi connectivity index (χ1v) is 12.0. The zero-order valence-corrected chi connectivity index (χ0v) is 19.4. The molecule has 3 aliphatic rings. The van der Waals surface area contributed by atoms with Crippen LogP contribution in [0.2, 0.25) is 5.02 Å². The van der Waals surface area contributed by atoms with E-state index < -0.39 is 0 Å². The van der Waals surface area contributed by atoms with E-state index in [1.165, 1.54) is 6.20 Å². The van der Waals surface area contributed by atoms with Gasteiger partial charge in [-0.05, 0) is 50.5 Å². The van der Waals surface area contributed by atoms with Crippen LogP contribution in [0.4, 0.5) is 0 Å². The second-order valence-electron chi connectivity index (χ2n) is 9.19. The van der Waals surface area contributed by atoms with E-state index in [1.807, 2.05) is 13.1 Å². The number of H-pyrrole nitrogens is 1. The molecule has 172 valence electrons. The van der Waals surface area contributed by atoms with Crippen LogP contribution in [0, 0.1) is 29.1 Å². The summed E-state index contributed by atoms with van der Waals surface area (Å²) >= 11 is 6.63. The number of pyridine rings is 1. The highest BCUT2D eigenvalue weighted by molar-refractivity contribution is 6.35. The molecule has 3 fully saturated rings. The van der Waals surface area contributed by atoms with Crippen molar-refractivity contribution in [2.45, 2.75) is 38.6 Å². The van der Waals surface area contributed by atoms with Gasteiger partial charge in [0.15, 0.2) is 5.82 Å². The van der Waals surface area contributed by atoms with Gasteiger partial charge in [-0.3, -0.25) is 4.79 Å². The lowest BCUT2D eigenvalue weighted by molar-refractivity contribution is -0.157. The SMILES string of the molecule is CCOC(=O)[C@@H]1C2CCC(CC2)[C@H]1n1cc(Cl)c2cnc(-c3c[nH]c4ncc(C#N)cc34)nc21. The summed E-state index contributed by atoms with van der Waals surface area (Å²) in [7, 11) is 0. The molecule has 0 amide bonds. The fourth-order valence-corrected chi connectivity index (χ4v) is 6.22. The summed E-state index contributed by atoms with van der Waals surface area (Å²) < 4.78 is 7.59. The van der Waals surface area contributed by atoms with Gasteiger partial charge < -0.3 is 14.3 Å². The van der Waals surface area contributed by atoms with Gasteiger partial charge in [0.05, 0.1) is 34.5 Å². The lowest BCUT2D eigenvalue weighted by Gasteiger charge is -2.47. The number of nitriles is 1. The predicted octanol–water partition coefficient (Wildman–Crippen LogP) is 5.04. The van der Waals surface area contributed by atoms with E-state index >= 15 is 0 Å². The van der Waals surface area contributed by atoms with Crippen LogP contribution < -0.4 is 0 Å². The maximum atomic E-state index is 13.0. The maximum absolute atomic E-state index is 13.0. The number of carbonyl (C=O) groups excluding carboxylic acids is 1. The molecular weight excluding hydrogens is 452 g/mol. The molecule has 0 unspecified atom stereocenters. The highest BCUT2D eigenvalue weighted by Gasteiger charge is 2.49. The summed E-state index contributed by atoms with van der Waals surface area (Å²) in [6.07, 6.45) is 11.3. The molecule has 1 N–H and O–H groups in total. The van der Waals surface area contributed by atoms with Gasteiger partial charge in [-0.15, -0.1) is 0 Å². The molecule has 8 nitrogen and oxygen atoms in total. The minimum Gasteiger partial charge on any atom is -0.466 e. The number of nitrogens with one attached hydrogen (secondary N) is 1. The number of ether oxygens (including phenoxy) is 1. The molecule has 3 aliphatic carbocycles. The number of carbonyl (C=O) groups is 1. The molecule has 34 heavy (non-hydrogen) atoms. The molecule has 9 heteroatoms. The van der Waals surface area contributed by atoms with E-state index in [0.717, 1.165) is 42.0 Å². The molecule has 2 bridgehead atoms. The predicted molar refractivity (Wildman–Crippen MR) is 127 cm³/mol. The van der Waals surface area contributed by atoms with Crippen LogP contribution in [0.15, 0.2) is 30.9 Å². The first kappa shape index (κ1) is 21.1. The third kappa shape index (κ3) is 3.18. The molecule has 3 saturated carbocycles. The van der Waals surface area contributed by atoms with Gasteiger partial charge in [-0.1, -0.05) is 11.6 Å². The van der Waals surface area contributed by atoms with Crippen molar-refractivity contribution in [2.75, 3.05) is 6.61 Å². The first-order valence-electron chi connectivity index (χ1n) is 11.7. The summed E-state index contributed by atoms with van der Waals surface area (Å²) in [6.45, 7) is 2.22. The van der Waals surface area contributed by atoms with E-state index in [-0.39, 0.29) is 17.9 Å². The van der Waals surface area contributed by atoms with Gasteiger partial charge in [-0.25, -0.2) is 15.0 Å². The van der Waals surface area contributed by atoms with Crippen molar-refractivity contribution < 1.29 is 9.53 Å². The number of halogens is 1. The minimum absolute atomic E-state index is 0.0425. The summed E-state index contributed by atoms with van der Waals surface area (Å²) in [5.74, 6) is 0.879. The number of fused-ring (bicyclic) bond motifs is 5. The Kier molecular flexibility index (Phi) is 5.03. The lowest BCUT2D eigenvalue weighted by Crippen LogP contribution is -2.45. The quantitative estimate of drug-likeness (QED) is 0.415. The maximum Gasteiger partial charge on any atom is 0.311 e. The summed E-state index contributed by atoms with van der Waals surface area (Å²) in [4.78, 5) is 30.0. The highest BCUT2D eigenvalue weighted by atomic mass is 35.5. The molecule has 4 aromatic heterocycles. The topological polar surface area (TPSA) is 109 Å². The van der Waals surface area contributed by atoms with Crippen LogP contribution >= 0.6 is 11.6 Å². The van der Waals surface area contributed by atoms with E-state index in [0.29, 0.717) is 46.1 Å². The Morgan fingerprint density at radius 1 is 1.24 bits per heavy atom. The third-order valence-corrected chi connectivity index (χ3v) is 7.78. The summed E-state index contributed by atoms with van der Waals surface area (Å²) in [5.41, 5.74) is 2.60. The largest absolute Gasteiger partial charge is 0.466 e. The summed E-state index contributed by atoms with van der Waals surface area (Å²) in [5, 5.41) is 11.4. The van der Waals surface area contributed by atoms with Crippen LogP contribution in [0.25, 0.3) is 33.5 Å². The van der Waals surface area contributed by atoms with Crippen molar-refractivity contribution in [3.8, 4) is 17.5 Å². The molecule has 0 aliphatic heterocycles. The third-order valence-electron chi connectivity index (χ3n) is 7.48. The van der Waals surface area contributed by atoms with Gasteiger partial charge in [-0.2, -0.15) is 5.26 Å². The van der Waals surface area contributed by atoms with Crippen LogP contribution in [-0.4, -0.2) is 37.1 Å². The molecule has 0 saturated heterocycles. The van der Waals surface area contributed by atoms with Crippen molar-refractivity contribution >= 4 is 39.6 Å². The number of hydrogen-bond donors (Lipinski definition) is 1. The molecule has 0 aromatic carbocycles. The zero-order valence-electron chi connectivity index (χ0n) is 18.7. The molecule has 2 atom stereocenters. The van der Waals surface area contributed by atoms with Crippen molar-refractivity contribution in [1.82, 2.24) is 24.5 Å². The van der Waals surface area contributed by atoms with Crippen LogP contribution in [0.1, 0.15) is 44.2 Å². The van der Waals surface area contributed by atoms with Gasteiger partial charge >= 0.3 is 5.97 Å². The Balaban J connectivity index is 1.50. The first-order chi connectivity index (χ1) is 16.6. The Morgan fingerprint density at radius 2 is 2.03 bits per heavy atom. The highest BCUT2D eigenvalue weighted by Crippen LogP contribution is 2.52. The Labute approximate surface area is 200 Å². The van der Waals surface area contributed by atoms with Crippen molar-refractivity contribution in [1.29, 1.82) is 5.26 Å². The number of rotatable bonds is 4. The van der Waals surface area contributed by atoms with Crippen LogP contribution in [0.3, 0.4) is 0 Å². The van der Waals surface area contributed by atoms with Gasteiger partial charge in [0.1, 0.15) is 17.4 Å². The van der Waals surface area contributed by atoms with Crippen molar-refractivity contribution in [2.24, 2.45) is 17.8 Å². The lowest BCUT2D eigenvalue weighted by atomic mass is 9.61. The van der Waals surface area contributed by atoms with Crippen LogP contribution in [-0.2, 0) is 9.53 Å². The average Bonchev–Trinajstić information content (AvgIpc) is 3.44. The second kappa shape index (κ2) is 8.10. The minimum atomic E-state index is -0.201. The van der Waals surface area contributed by atoms with Gasteiger partial charge in [0.2, 0.25) is 0 Å². The van der Waals surface area contributed by atoms with E-state index in [2.05, 4.69) is 25.6 Å². The number of esters is 1. The smallest absolute Gasteiger partial charge is 0.311 e. The number of nitrogens with zero attached hydrogens (tertiary/aromatic N) is 5. The molecule has 7 rings (SSSR count). The summed E-state index contributed by atoms with van der Waals surface area (Å²) in [6, 6.07) is 3.87. The Morgan fingerprint density at radius 3 is 2.79 bits per heavy atom. The molecule has 0 spiro atoms. The number of aromatic nitrogens is 5. The average molecular weight is 475 g/mol. The Bertz CT molecular complexity index is 1460. The Hall–Kier alpha value is -3.44. The van der Waals surface area contributed by atoms with Crippen molar-refractivity contribution in [3.63, 3.8) is 0 Å². The van der Waals surface area contributed by atoms with Gasteiger partial charge in [0, 0.05) is 35.7 Å². The second-order valence-corrected chi connectivity index (χ2v) is 9.60. The molecule has 4 heterocycles. The molecule has 4 aromatic rings. The molecule has 0 radical (unpaired) electrons. The zero-order chi connectivity index (χ0) is 23.4. The monoisotopic (exact) mass is 474 g/mol. The van der Waals surface area contributed by atoms with Crippen molar-refractivity contribution in [3.05, 3.63) is 41.4 Å². The molecular formula is C25H23ClN6O2. The standard InChI is InChI=1S/C25H23ClN6O2/c1-2-34-25(33)20-14-3-5-15(6-4-14)21(20)32-12-19(26)18-11-30-23(31-24(18)32)17-10-29-22-16(17)7-13(8-27)9-28-22/h7,9-12,14-15,20-21H,2-6H2,1H3,(H,28,29)/t14?,15?,20-,21-/m1/s1. The van der Waals surface area contributed by atoms with E-state index in [4.69, 9.17) is 21.3 Å². The van der Waals surface area contributed by atoms with Gasteiger partial charge in [0.25, 0.3) is 0 Å². The fraction of sp³-hybridized carbons (Fsp3) is 0.400. The number of aromatic amines is 1. The van der Waals surface area contributed by atoms with Crippen LogP contribution in [0.5, 0.6) is 0 Å². The fourth-order valence-electron chi connectivity index (χ4n) is 5.99. The van der Waals surface area contributed by atoms with E-state index in [9.17, 15) is 10.1 Å². The normalized spacial score (nSPS) is 23.9. The van der Waals surface area contributed by atoms with E-state index in [1.54, 1.807) is 18.5 Å². The number of hydrogen-bond acceptors (Lipinski definition) is 6.